The summed E-state index contributed by atoms with van der Waals surface area (Å²) in [6, 6.07) is 6.85. The van der Waals surface area contributed by atoms with Crippen molar-refractivity contribution in [2.75, 3.05) is 38.2 Å². The maximum Gasteiger partial charge on any atom is 0.410 e. The molecule has 1 saturated heterocycles. The summed E-state index contributed by atoms with van der Waals surface area (Å²) in [7, 11) is 1.21. The molecule has 0 aromatic heterocycles. The predicted octanol–water partition coefficient (Wildman–Crippen LogP) is 5.46. The fourth-order valence-electron chi connectivity index (χ4n) is 5.97. The van der Waals surface area contributed by atoms with Gasteiger partial charge in [-0.15, -0.1) is 0 Å². The zero-order chi connectivity index (χ0) is 34.8. The first-order valence-electron chi connectivity index (χ1n) is 15.7. The van der Waals surface area contributed by atoms with Crippen molar-refractivity contribution in [2.45, 2.75) is 78.2 Å². The number of nitrogens with zero attached hydrogens (tertiary/aromatic N) is 3. The van der Waals surface area contributed by atoms with E-state index in [2.05, 4.69) is 10.1 Å². The molecular formula is C34H44F2N4O7. The Balaban J connectivity index is 1.70. The van der Waals surface area contributed by atoms with Crippen molar-refractivity contribution >= 4 is 29.7 Å². The number of hydrogen-bond acceptors (Lipinski definition) is 7. The van der Waals surface area contributed by atoms with Crippen LogP contribution in [0, 0.1) is 17.6 Å². The van der Waals surface area contributed by atoms with Gasteiger partial charge in [-0.1, -0.05) is 6.92 Å². The summed E-state index contributed by atoms with van der Waals surface area (Å²) in [6.07, 6.45) is -0.473. The molecule has 0 bridgehead atoms. The highest BCUT2D eigenvalue weighted by Gasteiger charge is 2.47. The number of nitrogens with one attached hydrogen (secondary N) is 1. The number of halogens is 2. The third kappa shape index (κ3) is 7.77. The number of methoxy groups -OCH3 is 1. The first-order valence-corrected chi connectivity index (χ1v) is 15.7. The quantitative estimate of drug-likeness (QED) is 0.420. The molecule has 2 aliphatic rings. The topological polar surface area (TPSA) is 118 Å². The molecule has 2 aromatic carbocycles. The second-order valence-electron chi connectivity index (χ2n) is 13.4. The van der Waals surface area contributed by atoms with Gasteiger partial charge >= 0.3 is 12.2 Å². The summed E-state index contributed by atoms with van der Waals surface area (Å²) in [5.41, 5.74) is -2.01. The van der Waals surface area contributed by atoms with Gasteiger partial charge < -0.3 is 34.2 Å². The van der Waals surface area contributed by atoms with Crippen molar-refractivity contribution in [3.8, 4) is 5.75 Å². The largest absolute Gasteiger partial charge is 0.471 e. The highest BCUT2D eigenvalue weighted by molar-refractivity contribution is 6.05. The van der Waals surface area contributed by atoms with E-state index in [1.807, 2.05) is 20.8 Å². The summed E-state index contributed by atoms with van der Waals surface area (Å²) in [6.45, 7) is 13.4. The number of rotatable bonds is 7. The summed E-state index contributed by atoms with van der Waals surface area (Å²) in [4.78, 5) is 57.7. The number of carbonyl (C=O) groups is 4. The molecule has 13 heteroatoms. The van der Waals surface area contributed by atoms with Crippen molar-refractivity contribution in [1.29, 1.82) is 0 Å². The van der Waals surface area contributed by atoms with Crippen LogP contribution in [0.25, 0.3) is 0 Å². The number of likely N-dealkylation sites (tertiary alicyclic amines) is 1. The Morgan fingerprint density at radius 1 is 1.13 bits per heavy atom. The number of piperidine rings is 1. The van der Waals surface area contributed by atoms with Crippen molar-refractivity contribution in [3.05, 3.63) is 59.2 Å². The van der Waals surface area contributed by atoms with E-state index in [4.69, 9.17) is 9.47 Å². The Morgan fingerprint density at radius 2 is 1.79 bits per heavy atom. The molecular weight excluding hydrogens is 614 g/mol. The van der Waals surface area contributed by atoms with E-state index >= 15 is 0 Å². The fourth-order valence-corrected chi connectivity index (χ4v) is 5.97. The second kappa shape index (κ2) is 13.7. The van der Waals surface area contributed by atoms with Crippen LogP contribution in [0.4, 0.5) is 24.1 Å². The molecule has 1 N–H and O–H groups in total. The normalized spacial score (nSPS) is 21.1. The van der Waals surface area contributed by atoms with Gasteiger partial charge in [-0.05, 0) is 84.2 Å². The molecule has 2 heterocycles. The molecule has 11 nitrogen and oxygen atoms in total. The average Bonchev–Trinajstić information content (AvgIpc) is 2.98. The Morgan fingerprint density at radius 3 is 2.38 bits per heavy atom. The van der Waals surface area contributed by atoms with Gasteiger partial charge in [0.15, 0.2) is 0 Å². The van der Waals surface area contributed by atoms with E-state index < -0.39 is 40.9 Å². The van der Waals surface area contributed by atoms with Gasteiger partial charge in [0.1, 0.15) is 23.0 Å². The van der Waals surface area contributed by atoms with Crippen LogP contribution in [0.15, 0.2) is 36.4 Å². The van der Waals surface area contributed by atoms with Gasteiger partial charge in [0.05, 0.1) is 18.8 Å². The van der Waals surface area contributed by atoms with Crippen molar-refractivity contribution in [2.24, 2.45) is 5.92 Å². The standard InChI is InChI=1S/C34H44F2N4O7/c1-20(2)40(27-19-38(13-11-21(27)3)32(44)47-33(4,5)6)29(41)22-9-10-28-26(15-22)39(14-12-37-31(43)45-8)30(42)34(7,46-28)23-16-24(35)18-25(36)17-23/h9-10,15-18,20-21,27H,11-14,19H2,1-8H3,(H,37,43)/t21-,27+,34?/m1/s1. The first-order chi connectivity index (χ1) is 21.9. The van der Waals surface area contributed by atoms with Gasteiger partial charge in [-0.25, -0.2) is 18.4 Å². The van der Waals surface area contributed by atoms with Crippen LogP contribution in [0.2, 0.25) is 0 Å². The van der Waals surface area contributed by atoms with Crippen molar-refractivity contribution in [3.63, 3.8) is 0 Å². The number of carbonyl (C=O) groups excluding carboxylic acids is 4. The SMILES string of the molecule is COC(=O)NCCN1C(=O)C(C)(c2cc(F)cc(F)c2)Oc2ccc(C(=O)N(C(C)C)[C@H]3CN(C(=O)OC(C)(C)C)CC[C@H]3C)cc21. The number of anilines is 1. The molecule has 3 atom stereocenters. The number of amides is 4. The average molecular weight is 659 g/mol. The van der Waals surface area contributed by atoms with E-state index in [1.165, 1.54) is 25.0 Å². The Kier molecular flexibility index (Phi) is 10.4. The first kappa shape index (κ1) is 35.4. The van der Waals surface area contributed by atoms with Crippen molar-refractivity contribution < 1.29 is 42.2 Å². The molecule has 0 spiro atoms. The van der Waals surface area contributed by atoms with Crippen LogP contribution in [-0.2, 0) is 19.9 Å². The number of hydrogen-bond donors (Lipinski definition) is 1. The van der Waals surface area contributed by atoms with Crippen LogP contribution in [0.3, 0.4) is 0 Å². The third-order valence-electron chi connectivity index (χ3n) is 8.39. The predicted molar refractivity (Wildman–Crippen MR) is 170 cm³/mol. The van der Waals surface area contributed by atoms with E-state index in [0.717, 1.165) is 12.1 Å². The maximum atomic E-state index is 14.3. The number of fused-ring (bicyclic) bond motifs is 1. The molecule has 1 unspecified atom stereocenters. The lowest BCUT2D eigenvalue weighted by Gasteiger charge is -2.45. The number of benzene rings is 2. The minimum Gasteiger partial charge on any atom is -0.471 e. The summed E-state index contributed by atoms with van der Waals surface area (Å²) in [5, 5.41) is 2.53. The molecule has 2 aliphatic heterocycles. The van der Waals surface area contributed by atoms with Crippen LogP contribution >= 0.6 is 0 Å². The smallest absolute Gasteiger partial charge is 0.410 e. The van der Waals surface area contributed by atoms with E-state index in [0.29, 0.717) is 25.6 Å². The molecule has 4 amide bonds. The van der Waals surface area contributed by atoms with Crippen molar-refractivity contribution in [1.82, 2.24) is 15.1 Å². The minimum absolute atomic E-state index is 0.0260. The van der Waals surface area contributed by atoms with Crippen LogP contribution in [-0.4, -0.2) is 84.8 Å². The number of ether oxygens (including phenoxy) is 3. The Bertz CT molecular complexity index is 1510. The van der Waals surface area contributed by atoms with E-state index in [9.17, 15) is 28.0 Å². The zero-order valence-corrected chi connectivity index (χ0v) is 28.2. The lowest BCUT2D eigenvalue weighted by Crippen LogP contribution is -2.57. The molecule has 256 valence electrons. The highest BCUT2D eigenvalue weighted by Crippen LogP contribution is 2.43. The van der Waals surface area contributed by atoms with Gasteiger partial charge in [0, 0.05) is 49.4 Å². The summed E-state index contributed by atoms with van der Waals surface area (Å²) < 4.78 is 44.9. The van der Waals surface area contributed by atoms with E-state index in [-0.39, 0.29) is 59.6 Å². The van der Waals surface area contributed by atoms with Gasteiger partial charge in [0.2, 0.25) is 5.60 Å². The molecule has 4 rings (SSSR count). The molecule has 47 heavy (non-hydrogen) atoms. The Labute approximate surface area is 274 Å². The molecule has 0 aliphatic carbocycles. The van der Waals surface area contributed by atoms with E-state index in [1.54, 1.807) is 42.7 Å². The van der Waals surface area contributed by atoms with Crippen LogP contribution in [0.5, 0.6) is 5.75 Å². The fraction of sp³-hybridized carbons (Fsp3) is 0.529. The zero-order valence-electron chi connectivity index (χ0n) is 28.2. The monoisotopic (exact) mass is 658 g/mol. The molecule has 0 radical (unpaired) electrons. The lowest BCUT2D eigenvalue weighted by molar-refractivity contribution is -0.135. The van der Waals surface area contributed by atoms with Crippen LogP contribution in [0.1, 0.15) is 70.8 Å². The molecule has 0 saturated carbocycles. The summed E-state index contributed by atoms with van der Waals surface area (Å²) in [5.74, 6) is -2.44. The van der Waals surface area contributed by atoms with Crippen LogP contribution < -0.4 is 15.0 Å². The second-order valence-corrected chi connectivity index (χ2v) is 13.4. The lowest BCUT2D eigenvalue weighted by atomic mass is 9.90. The third-order valence-corrected chi connectivity index (χ3v) is 8.39. The van der Waals surface area contributed by atoms with Gasteiger partial charge in [-0.3, -0.25) is 9.59 Å². The minimum atomic E-state index is -1.82. The molecule has 1 fully saturated rings. The summed E-state index contributed by atoms with van der Waals surface area (Å²) >= 11 is 0. The Hall–Kier alpha value is -4.42. The maximum absolute atomic E-state index is 14.3. The van der Waals surface area contributed by atoms with Gasteiger partial charge in [0.25, 0.3) is 11.8 Å². The van der Waals surface area contributed by atoms with Gasteiger partial charge in [-0.2, -0.15) is 0 Å². The molecule has 2 aromatic rings. The highest BCUT2D eigenvalue weighted by atomic mass is 19.1. The number of alkyl carbamates (subject to hydrolysis) is 1.